The molecule has 0 atom stereocenters. The average Bonchev–Trinajstić information content (AvgIpc) is 3.41. The monoisotopic (exact) mass is 1190 g/mol. The Morgan fingerprint density at radius 2 is 0.795 bits per heavy atom. The molecule has 83 heavy (non-hydrogen) atoms. The van der Waals surface area contributed by atoms with Crippen LogP contribution in [-0.4, -0.2) is 322 Å². The number of piperazine rings is 2. The molecule has 506 valence electrons. The first kappa shape index (κ1) is 88.8. The van der Waals surface area contributed by atoms with E-state index in [9.17, 15) is 0 Å². The number of likely N-dealkylation sites (N-methyl/N-ethyl adjacent to an activating group) is 5. The van der Waals surface area contributed by atoms with Crippen molar-refractivity contribution in [3.05, 3.63) is 0 Å². The molecule has 0 bridgehead atoms. The fraction of sp³-hybridized carbons (Fsp3) is 1.00. The van der Waals surface area contributed by atoms with Gasteiger partial charge in [0.2, 0.25) is 0 Å². The van der Waals surface area contributed by atoms with Crippen molar-refractivity contribution in [3.8, 4) is 0 Å². The molecule has 0 amide bonds. The normalized spacial score (nSPS) is 15.1. The molecule has 2 fully saturated rings. The van der Waals surface area contributed by atoms with E-state index in [0.29, 0.717) is 18.1 Å². The molecule has 0 radical (unpaired) electrons. The second kappa shape index (κ2) is 57.8. The van der Waals surface area contributed by atoms with E-state index in [0.717, 1.165) is 51.7 Å². The van der Waals surface area contributed by atoms with Gasteiger partial charge < -0.3 is 66.6 Å². The second-order valence-electron chi connectivity index (χ2n) is 27.6. The van der Waals surface area contributed by atoms with E-state index in [1.165, 1.54) is 189 Å². The van der Waals surface area contributed by atoms with Gasteiger partial charge in [-0.3, -0.25) is 14.7 Å². The summed E-state index contributed by atoms with van der Waals surface area (Å²) in [7, 11) is 15.2. The van der Waals surface area contributed by atoms with Gasteiger partial charge in [-0.2, -0.15) is 0 Å². The summed E-state index contributed by atoms with van der Waals surface area (Å²) in [6, 6.07) is 2.72. The predicted molar refractivity (Wildman–Crippen MR) is 375 cm³/mol. The molecule has 0 aromatic carbocycles. The third-order valence-corrected chi connectivity index (χ3v) is 15.8. The van der Waals surface area contributed by atoms with Crippen LogP contribution >= 0.6 is 0 Å². The summed E-state index contributed by atoms with van der Waals surface area (Å²) in [4.78, 5) is 27.0. The summed E-state index contributed by atoms with van der Waals surface area (Å²) in [6.45, 7) is 72.9. The van der Waals surface area contributed by atoms with Crippen molar-refractivity contribution < 1.29 is 0 Å². The van der Waals surface area contributed by atoms with Gasteiger partial charge in [-0.25, -0.2) is 0 Å². The van der Waals surface area contributed by atoms with Crippen molar-refractivity contribution in [2.45, 2.75) is 211 Å². The Morgan fingerprint density at radius 1 is 0.410 bits per heavy atom. The van der Waals surface area contributed by atoms with Crippen LogP contribution in [0.2, 0.25) is 0 Å². The van der Waals surface area contributed by atoms with Crippen LogP contribution in [0.25, 0.3) is 0 Å². The molecule has 2 rings (SSSR count). The lowest BCUT2D eigenvalue weighted by Crippen LogP contribution is -2.47. The van der Waals surface area contributed by atoms with E-state index in [1.54, 1.807) is 0 Å². The summed E-state index contributed by atoms with van der Waals surface area (Å²) < 4.78 is 0. The molecule has 7 N–H and O–H groups in total. The number of rotatable bonds is 38. The van der Waals surface area contributed by atoms with Gasteiger partial charge in [-0.1, -0.05) is 40.5 Å². The zero-order valence-corrected chi connectivity index (χ0v) is 61.3. The van der Waals surface area contributed by atoms with Crippen LogP contribution in [0.4, 0.5) is 0 Å². The zero-order valence-electron chi connectivity index (χ0n) is 61.3. The quantitative estimate of drug-likeness (QED) is 0.0387. The van der Waals surface area contributed by atoms with Crippen LogP contribution in [0.1, 0.15) is 176 Å². The fourth-order valence-electron chi connectivity index (χ4n) is 9.17. The first-order chi connectivity index (χ1) is 38.9. The Kier molecular flexibility index (Phi) is 61.8. The second-order valence-corrected chi connectivity index (χ2v) is 27.6. The van der Waals surface area contributed by atoms with Crippen LogP contribution < -0.4 is 27.4 Å². The highest BCUT2D eigenvalue weighted by Gasteiger charge is 2.17. The molecule has 0 aromatic rings. The van der Waals surface area contributed by atoms with Crippen molar-refractivity contribution in [1.29, 1.82) is 0 Å². The molecular formula is C67H158N16. The third kappa shape index (κ3) is 64.2. The number of nitrogens with zero attached hydrogens (tertiary/aromatic N) is 11. The average molecular weight is 1190 g/mol. The van der Waals surface area contributed by atoms with Gasteiger partial charge in [0, 0.05) is 140 Å². The lowest BCUT2D eigenvalue weighted by Gasteiger charge is -2.34. The van der Waals surface area contributed by atoms with Gasteiger partial charge in [0.05, 0.1) is 0 Å². The number of hydrogen-bond donors (Lipinski definition) is 5. The Bertz CT molecular complexity index is 1240. The van der Waals surface area contributed by atoms with E-state index in [4.69, 9.17) is 11.5 Å². The molecule has 0 saturated carbocycles. The minimum atomic E-state index is 0.262. The molecule has 16 heteroatoms. The highest BCUT2D eigenvalue weighted by molar-refractivity contribution is 4.74. The van der Waals surface area contributed by atoms with Gasteiger partial charge >= 0.3 is 0 Å². The van der Waals surface area contributed by atoms with Crippen molar-refractivity contribution in [3.63, 3.8) is 0 Å². The first-order valence-corrected chi connectivity index (χ1v) is 34.3. The molecule has 2 aliphatic heterocycles. The summed E-state index contributed by atoms with van der Waals surface area (Å²) in [5.41, 5.74) is 11.3. The summed E-state index contributed by atoms with van der Waals surface area (Å²) in [5.74, 6) is 0. The van der Waals surface area contributed by atoms with Crippen LogP contribution in [0.15, 0.2) is 0 Å². The van der Waals surface area contributed by atoms with E-state index in [1.807, 2.05) is 0 Å². The molecule has 2 saturated heterocycles. The maximum absolute atomic E-state index is 5.38. The van der Waals surface area contributed by atoms with E-state index in [-0.39, 0.29) is 11.1 Å². The Balaban J connectivity index is -0.000000455. The SMILES string of the molecule is CC(C)(C)NCCCCCN.CC(C)(C)NCCCCCNCCN.CC(C)N(C)CCN1CCN(C)CC1.CC(C)N(CCCN(C)C)CCCN(C)C.CC(C)N1CCN(C)CC1.CCN(CC)CCN(CCN(CC)CC)C(C)C. The number of nitrogens with one attached hydrogen (secondary N) is 3. The molecular weight excluding hydrogens is 1030 g/mol. The van der Waals surface area contributed by atoms with Gasteiger partial charge in [0.25, 0.3) is 0 Å². The van der Waals surface area contributed by atoms with Gasteiger partial charge in [-0.15, -0.1) is 0 Å². The molecule has 0 aromatic heterocycles. The van der Waals surface area contributed by atoms with Crippen molar-refractivity contribution in [1.82, 2.24) is 69.8 Å². The van der Waals surface area contributed by atoms with Gasteiger partial charge in [0.1, 0.15) is 0 Å². The largest absolute Gasteiger partial charge is 0.330 e. The highest BCUT2D eigenvalue weighted by atomic mass is 15.3. The fourth-order valence-corrected chi connectivity index (χ4v) is 9.17. The number of unbranched alkanes of at least 4 members (excludes halogenated alkanes) is 4. The molecule has 0 aliphatic carbocycles. The van der Waals surface area contributed by atoms with Crippen LogP contribution in [0.5, 0.6) is 0 Å². The Morgan fingerprint density at radius 3 is 1.13 bits per heavy atom. The molecule has 0 unspecified atom stereocenters. The van der Waals surface area contributed by atoms with Crippen LogP contribution in [-0.2, 0) is 0 Å². The summed E-state index contributed by atoms with van der Waals surface area (Å²) in [5, 5.41) is 10.2. The lowest BCUT2D eigenvalue weighted by atomic mass is 10.1. The van der Waals surface area contributed by atoms with E-state index in [2.05, 4.69) is 244 Å². The maximum Gasteiger partial charge on any atom is 0.0113 e. The van der Waals surface area contributed by atoms with E-state index >= 15 is 0 Å². The maximum atomic E-state index is 5.38. The molecule has 16 nitrogen and oxygen atoms in total. The Hall–Kier alpha value is -0.640. The minimum Gasteiger partial charge on any atom is -0.330 e. The smallest absolute Gasteiger partial charge is 0.0113 e. The topological polar surface area (TPSA) is 124 Å². The first-order valence-electron chi connectivity index (χ1n) is 34.3. The standard InChI is InChI=1S/C15H35N3.C13H31N3.C11H25N3.C11H27N3.C9H22N2.C8H18N2/c1-7-16(8-2)11-13-18(15(5)6)14-12-17(9-3)10-4;1-13(2)16(11-7-9-14(3)4)12-8-10-15(5)6;1-11(2)13(4)7-10-14-8-5-12(3)6-9-14;1-11(2,3)14-9-6-4-5-8-13-10-7-12;1-9(2,3)11-8-6-4-5-7-10;1-8(2)10-6-4-9(3)5-7-10/h15H,7-14H2,1-6H3;13H,7-12H2,1-6H3;11H,5-10H2,1-4H3;13-14H,4-10,12H2,1-3H3;11H,4-8,10H2,1-3H3;8H,4-7H2,1-3H3. The molecule has 2 heterocycles. The van der Waals surface area contributed by atoms with Crippen molar-refractivity contribution >= 4 is 0 Å². The van der Waals surface area contributed by atoms with Crippen molar-refractivity contribution in [2.24, 2.45) is 11.5 Å². The van der Waals surface area contributed by atoms with Gasteiger partial charge in [0.15, 0.2) is 0 Å². The Labute approximate surface area is 523 Å². The molecule has 2 aliphatic rings. The zero-order chi connectivity index (χ0) is 64.2. The summed E-state index contributed by atoms with van der Waals surface area (Å²) in [6.07, 6.45) is 10.0. The van der Waals surface area contributed by atoms with Gasteiger partial charge in [-0.05, 0) is 263 Å². The van der Waals surface area contributed by atoms with Crippen molar-refractivity contribution in [2.75, 3.05) is 233 Å². The van der Waals surface area contributed by atoms with Crippen LogP contribution in [0.3, 0.4) is 0 Å². The predicted octanol–water partition coefficient (Wildman–Crippen LogP) is 7.79. The summed E-state index contributed by atoms with van der Waals surface area (Å²) >= 11 is 0. The number of hydrogen-bond acceptors (Lipinski definition) is 16. The highest BCUT2D eigenvalue weighted by Crippen LogP contribution is 2.06. The van der Waals surface area contributed by atoms with E-state index < -0.39 is 0 Å². The minimum absolute atomic E-state index is 0.262. The number of nitrogens with two attached hydrogens (primary N) is 2. The van der Waals surface area contributed by atoms with Crippen LogP contribution in [0, 0.1) is 0 Å². The third-order valence-electron chi connectivity index (χ3n) is 15.8. The lowest BCUT2D eigenvalue weighted by molar-refractivity contribution is 0.126. The molecule has 0 spiro atoms.